The first kappa shape index (κ1) is 21.4. The van der Waals surface area contributed by atoms with Gasteiger partial charge in [0.2, 0.25) is 11.8 Å². The Kier molecular flexibility index (Phi) is 7.23. The molecule has 1 aliphatic heterocycles. The number of rotatable bonds is 8. The summed E-state index contributed by atoms with van der Waals surface area (Å²) in [7, 11) is 0. The highest BCUT2D eigenvalue weighted by atomic mass is 16.5. The van der Waals surface area contributed by atoms with E-state index in [1.807, 2.05) is 47.4 Å². The van der Waals surface area contributed by atoms with Crippen LogP contribution in [-0.4, -0.2) is 29.4 Å². The monoisotopic (exact) mass is 420 g/mol. The molecule has 2 amide bonds. The van der Waals surface area contributed by atoms with E-state index in [-0.39, 0.29) is 11.8 Å². The Labute approximate surface area is 184 Å². The molecular formula is C26H32N2O3. The molecule has 2 aromatic carbocycles. The van der Waals surface area contributed by atoms with E-state index >= 15 is 0 Å². The van der Waals surface area contributed by atoms with Crippen LogP contribution in [0.3, 0.4) is 0 Å². The topological polar surface area (TPSA) is 58.6 Å². The smallest absolute Gasteiger partial charge is 0.224 e. The van der Waals surface area contributed by atoms with Crippen molar-refractivity contribution in [1.29, 1.82) is 0 Å². The summed E-state index contributed by atoms with van der Waals surface area (Å²) in [5, 5.41) is 3.00. The molecule has 164 valence electrons. The van der Waals surface area contributed by atoms with E-state index in [4.69, 9.17) is 4.74 Å². The molecule has 5 nitrogen and oxygen atoms in total. The molecule has 1 saturated carbocycles. The van der Waals surface area contributed by atoms with Gasteiger partial charge in [-0.15, -0.1) is 0 Å². The number of hydrogen-bond acceptors (Lipinski definition) is 3. The van der Waals surface area contributed by atoms with Crippen LogP contribution in [0.25, 0.3) is 0 Å². The van der Waals surface area contributed by atoms with E-state index in [0.717, 1.165) is 54.8 Å². The maximum atomic E-state index is 12.5. The van der Waals surface area contributed by atoms with Crippen molar-refractivity contribution in [2.45, 2.75) is 70.4 Å². The van der Waals surface area contributed by atoms with Gasteiger partial charge < -0.3 is 15.0 Å². The summed E-state index contributed by atoms with van der Waals surface area (Å²) >= 11 is 0. The number of aryl methyl sites for hydroxylation is 1. The Bertz CT molecular complexity index is 905. The van der Waals surface area contributed by atoms with Crippen LogP contribution in [0.15, 0.2) is 48.5 Å². The Hall–Kier alpha value is -2.82. The minimum Gasteiger partial charge on any atom is -0.490 e. The quantitative estimate of drug-likeness (QED) is 0.647. The summed E-state index contributed by atoms with van der Waals surface area (Å²) in [6.45, 7) is 1.43. The molecule has 4 rings (SSSR count). The Morgan fingerprint density at radius 1 is 1.00 bits per heavy atom. The Balaban J connectivity index is 1.27. The van der Waals surface area contributed by atoms with Crippen LogP contribution < -0.4 is 10.1 Å². The molecule has 0 radical (unpaired) electrons. The van der Waals surface area contributed by atoms with Crippen molar-refractivity contribution in [2.24, 2.45) is 0 Å². The molecule has 2 aliphatic rings. The van der Waals surface area contributed by atoms with E-state index in [1.165, 1.54) is 12.8 Å². The van der Waals surface area contributed by atoms with E-state index in [9.17, 15) is 9.59 Å². The van der Waals surface area contributed by atoms with Crippen LogP contribution in [0.2, 0.25) is 0 Å². The summed E-state index contributed by atoms with van der Waals surface area (Å²) in [6, 6.07) is 15.9. The van der Waals surface area contributed by atoms with Gasteiger partial charge in [0, 0.05) is 31.6 Å². The summed E-state index contributed by atoms with van der Waals surface area (Å²) < 4.78 is 6.07. The number of carbonyl (C=O) groups excluding carboxylic acids is 2. The highest BCUT2D eigenvalue weighted by Crippen LogP contribution is 2.25. The second kappa shape index (κ2) is 10.5. The van der Waals surface area contributed by atoms with E-state index in [1.54, 1.807) is 0 Å². The molecule has 5 heteroatoms. The zero-order valence-electron chi connectivity index (χ0n) is 18.1. The van der Waals surface area contributed by atoms with Gasteiger partial charge >= 0.3 is 0 Å². The van der Waals surface area contributed by atoms with Gasteiger partial charge in [0.15, 0.2) is 0 Å². The Morgan fingerprint density at radius 2 is 1.81 bits per heavy atom. The van der Waals surface area contributed by atoms with Gasteiger partial charge in [-0.3, -0.25) is 9.59 Å². The highest BCUT2D eigenvalue weighted by Gasteiger charge is 2.18. The van der Waals surface area contributed by atoms with Crippen molar-refractivity contribution in [3.05, 3.63) is 59.7 Å². The van der Waals surface area contributed by atoms with Gasteiger partial charge in [-0.2, -0.15) is 0 Å². The zero-order chi connectivity index (χ0) is 21.5. The van der Waals surface area contributed by atoms with Crippen molar-refractivity contribution < 1.29 is 14.3 Å². The third kappa shape index (κ3) is 6.33. The van der Waals surface area contributed by atoms with E-state index in [2.05, 4.69) is 11.4 Å². The number of likely N-dealkylation sites (tertiary alicyclic amines) is 1. The lowest BCUT2D eigenvalue weighted by atomic mass is 10.1. The summed E-state index contributed by atoms with van der Waals surface area (Å²) in [5.74, 6) is 1.12. The maximum absolute atomic E-state index is 12.5. The number of hydrogen-bond donors (Lipinski definition) is 1. The average molecular weight is 421 g/mol. The number of benzene rings is 2. The summed E-state index contributed by atoms with van der Waals surface area (Å²) in [4.78, 5) is 26.5. The van der Waals surface area contributed by atoms with Gasteiger partial charge in [-0.05, 0) is 80.3 Å². The lowest BCUT2D eigenvalue weighted by Crippen LogP contribution is -2.34. The number of carbonyl (C=O) groups is 2. The number of amides is 2. The molecule has 1 heterocycles. The van der Waals surface area contributed by atoms with Gasteiger partial charge in [-0.1, -0.05) is 24.3 Å². The minimum atomic E-state index is -0.00619. The predicted molar refractivity (Wildman–Crippen MR) is 122 cm³/mol. The fraction of sp³-hybridized carbons (Fsp3) is 0.462. The lowest BCUT2D eigenvalue weighted by molar-refractivity contribution is -0.133. The standard InChI is InChI=1S/C26H32N2O3/c29-25(15-14-20-7-6-12-24(18-20)31-23-10-1-2-11-23)27-22-9-5-8-21(17-22)19-28-16-4-3-13-26(28)30/h5-9,12,17-18,23H,1-4,10-11,13-16,19H2,(H,27,29). The molecule has 1 N–H and O–H groups in total. The third-order valence-electron chi connectivity index (χ3n) is 6.15. The number of nitrogens with zero attached hydrogens (tertiary/aromatic N) is 1. The number of piperidine rings is 1. The fourth-order valence-electron chi connectivity index (χ4n) is 4.45. The first-order valence-electron chi connectivity index (χ1n) is 11.6. The van der Waals surface area contributed by atoms with Gasteiger partial charge in [0.05, 0.1) is 6.10 Å². The summed E-state index contributed by atoms with van der Waals surface area (Å²) in [5.41, 5.74) is 2.94. The largest absolute Gasteiger partial charge is 0.490 e. The molecule has 0 spiro atoms. The first-order valence-corrected chi connectivity index (χ1v) is 11.6. The second-order valence-electron chi connectivity index (χ2n) is 8.69. The number of anilines is 1. The van der Waals surface area contributed by atoms with Crippen molar-refractivity contribution in [3.8, 4) is 5.75 Å². The van der Waals surface area contributed by atoms with Crippen molar-refractivity contribution in [1.82, 2.24) is 4.90 Å². The van der Waals surface area contributed by atoms with Crippen molar-refractivity contribution in [2.75, 3.05) is 11.9 Å². The van der Waals surface area contributed by atoms with Gasteiger partial charge in [0.1, 0.15) is 5.75 Å². The fourth-order valence-corrected chi connectivity index (χ4v) is 4.45. The average Bonchev–Trinajstić information content (AvgIpc) is 3.28. The van der Waals surface area contributed by atoms with Crippen molar-refractivity contribution in [3.63, 3.8) is 0 Å². The Morgan fingerprint density at radius 3 is 2.65 bits per heavy atom. The zero-order valence-corrected chi connectivity index (χ0v) is 18.1. The normalized spacial score (nSPS) is 17.0. The van der Waals surface area contributed by atoms with Crippen LogP contribution in [0, 0.1) is 0 Å². The second-order valence-corrected chi connectivity index (χ2v) is 8.69. The maximum Gasteiger partial charge on any atom is 0.224 e. The molecule has 0 bridgehead atoms. The molecule has 1 saturated heterocycles. The molecule has 0 atom stereocenters. The SMILES string of the molecule is O=C(CCc1cccc(OC2CCCC2)c1)Nc1cccc(CN2CCCCC2=O)c1. The first-order chi connectivity index (χ1) is 15.2. The van der Waals surface area contributed by atoms with E-state index < -0.39 is 0 Å². The summed E-state index contributed by atoms with van der Waals surface area (Å²) in [6.07, 6.45) is 8.90. The number of nitrogens with one attached hydrogen (secondary N) is 1. The molecule has 0 unspecified atom stereocenters. The molecule has 1 aliphatic carbocycles. The van der Waals surface area contributed by atoms with Crippen LogP contribution in [-0.2, 0) is 22.6 Å². The van der Waals surface area contributed by atoms with Gasteiger partial charge in [0.25, 0.3) is 0 Å². The third-order valence-corrected chi connectivity index (χ3v) is 6.15. The van der Waals surface area contributed by atoms with Crippen LogP contribution in [0.1, 0.15) is 62.5 Å². The molecule has 0 aromatic heterocycles. The lowest BCUT2D eigenvalue weighted by Gasteiger charge is -2.26. The molecule has 31 heavy (non-hydrogen) atoms. The molecule has 2 fully saturated rings. The van der Waals surface area contributed by atoms with Crippen LogP contribution >= 0.6 is 0 Å². The number of ether oxygens (including phenoxy) is 1. The van der Waals surface area contributed by atoms with Crippen LogP contribution in [0.5, 0.6) is 5.75 Å². The van der Waals surface area contributed by atoms with Crippen LogP contribution in [0.4, 0.5) is 5.69 Å². The molecular weight excluding hydrogens is 388 g/mol. The highest BCUT2D eigenvalue weighted by molar-refractivity contribution is 5.90. The predicted octanol–water partition coefficient (Wildman–Crippen LogP) is 5.09. The van der Waals surface area contributed by atoms with E-state index in [0.29, 0.717) is 31.9 Å². The van der Waals surface area contributed by atoms with Gasteiger partial charge in [-0.25, -0.2) is 0 Å². The van der Waals surface area contributed by atoms with Crippen molar-refractivity contribution >= 4 is 17.5 Å². The minimum absolute atomic E-state index is 0.00619. The molecule has 2 aromatic rings.